The third kappa shape index (κ3) is 2.95. The van der Waals surface area contributed by atoms with E-state index in [1.807, 2.05) is 49.4 Å². The summed E-state index contributed by atoms with van der Waals surface area (Å²) < 4.78 is 0. The normalized spacial score (nSPS) is 14.4. The smallest absolute Gasteiger partial charge is 0.0105 e. The van der Waals surface area contributed by atoms with Crippen LogP contribution in [-0.4, -0.2) is 0 Å². The third-order valence-corrected chi connectivity index (χ3v) is 3.57. The SMILES string of the molecule is C=CC(/C(C=C)=c1\cccc\c1=C\C)=c1/ccccc1=C. The summed E-state index contributed by atoms with van der Waals surface area (Å²) in [6, 6.07) is 16.4. The van der Waals surface area contributed by atoms with Crippen molar-refractivity contribution in [1.82, 2.24) is 0 Å². The Labute approximate surface area is 126 Å². The fourth-order valence-corrected chi connectivity index (χ4v) is 2.51. The molecule has 0 spiro atoms. The molecule has 0 saturated carbocycles. The minimum absolute atomic E-state index is 0.990. The molecule has 0 nitrogen and oxygen atoms in total. The Bertz CT molecular complexity index is 896. The second kappa shape index (κ2) is 6.71. The van der Waals surface area contributed by atoms with Crippen molar-refractivity contribution in [3.8, 4) is 0 Å². The van der Waals surface area contributed by atoms with Crippen molar-refractivity contribution in [2.45, 2.75) is 6.92 Å². The summed E-state index contributed by atoms with van der Waals surface area (Å²) in [6.45, 7) is 14.1. The molecule has 0 aliphatic heterocycles. The molecule has 0 amide bonds. The first-order valence-corrected chi connectivity index (χ1v) is 7.02. The summed E-state index contributed by atoms with van der Waals surface area (Å²) in [5.74, 6) is 0. The fraction of sp³-hybridized carbons (Fsp3) is 0.0476. The highest BCUT2D eigenvalue weighted by atomic mass is 14.1. The molecule has 2 aromatic rings. The summed E-state index contributed by atoms with van der Waals surface area (Å²) in [5.41, 5.74) is 2.14. The maximum Gasteiger partial charge on any atom is -0.0105 e. The Kier molecular flexibility index (Phi) is 4.73. The predicted octanol–water partition coefficient (Wildman–Crippen LogP) is 2.27. The Morgan fingerprint density at radius 3 is 1.90 bits per heavy atom. The second-order valence-corrected chi connectivity index (χ2v) is 4.77. The van der Waals surface area contributed by atoms with Gasteiger partial charge in [-0.2, -0.15) is 0 Å². The zero-order valence-electron chi connectivity index (χ0n) is 12.5. The van der Waals surface area contributed by atoms with E-state index in [-0.39, 0.29) is 0 Å². The van der Waals surface area contributed by atoms with Gasteiger partial charge < -0.3 is 0 Å². The molecule has 2 rings (SSSR count). The summed E-state index contributed by atoms with van der Waals surface area (Å²) >= 11 is 0. The molecule has 0 N–H and O–H groups in total. The van der Waals surface area contributed by atoms with Gasteiger partial charge in [0.05, 0.1) is 0 Å². The summed E-state index contributed by atoms with van der Waals surface area (Å²) in [6.07, 6.45) is 5.88. The highest BCUT2D eigenvalue weighted by Gasteiger charge is 2.01. The average molecular weight is 272 g/mol. The molecule has 0 fully saturated rings. The molecule has 0 saturated heterocycles. The van der Waals surface area contributed by atoms with Gasteiger partial charge in [-0.3, -0.25) is 0 Å². The Morgan fingerprint density at radius 2 is 1.33 bits per heavy atom. The van der Waals surface area contributed by atoms with Gasteiger partial charge in [-0.25, -0.2) is 0 Å². The van der Waals surface area contributed by atoms with Crippen LogP contribution in [0.2, 0.25) is 0 Å². The molecule has 0 unspecified atom stereocenters. The zero-order chi connectivity index (χ0) is 15.2. The quantitative estimate of drug-likeness (QED) is 0.804. The third-order valence-electron chi connectivity index (χ3n) is 3.57. The first kappa shape index (κ1) is 14.8. The van der Waals surface area contributed by atoms with Crippen LogP contribution in [0.4, 0.5) is 0 Å². The van der Waals surface area contributed by atoms with Crippen LogP contribution in [0, 0.1) is 0 Å². The number of benzene rings is 2. The lowest BCUT2D eigenvalue weighted by molar-refractivity contribution is 1.47. The van der Waals surface area contributed by atoms with E-state index >= 15 is 0 Å². The van der Waals surface area contributed by atoms with E-state index in [1.54, 1.807) is 0 Å². The van der Waals surface area contributed by atoms with Crippen LogP contribution in [0.5, 0.6) is 0 Å². The minimum Gasteiger partial charge on any atom is -0.0984 e. The lowest BCUT2D eigenvalue weighted by atomic mass is 9.98. The van der Waals surface area contributed by atoms with Gasteiger partial charge in [0.2, 0.25) is 0 Å². The molecule has 0 aliphatic rings. The van der Waals surface area contributed by atoms with Gasteiger partial charge >= 0.3 is 0 Å². The summed E-state index contributed by atoms with van der Waals surface area (Å²) in [4.78, 5) is 0. The van der Waals surface area contributed by atoms with Crippen LogP contribution >= 0.6 is 0 Å². The van der Waals surface area contributed by atoms with Crippen LogP contribution in [0.3, 0.4) is 0 Å². The summed E-state index contributed by atoms with van der Waals surface area (Å²) in [5, 5.41) is 4.43. The molecule has 0 radical (unpaired) electrons. The molecule has 2 aromatic carbocycles. The second-order valence-electron chi connectivity index (χ2n) is 4.77. The first-order valence-electron chi connectivity index (χ1n) is 7.02. The molecule has 104 valence electrons. The van der Waals surface area contributed by atoms with E-state index in [2.05, 4.69) is 44.0 Å². The van der Waals surface area contributed by atoms with Crippen molar-refractivity contribution in [1.29, 1.82) is 0 Å². The molecule has 0 heteroatoms. The van der Waals surface area contributed by atoms with Crippen molar-refractivity contribution < 1.29 is 0 Å². The van der Waals surface area contributed by atoms with Crippen molar-refractivity contribution in [3.63, 3.8) is 0 Å². The Hall–Kier alpha value is -2.60. The van der Waals surface area contributed by atoms with Crippen LogP contribution in [0.15, 0.2) is 73.8 Å². The molecule has 21 heavy (non-hydrogen) atoms. The van der Waals surface area contributed by atoms with Gasteiger partial charge in [0.15, 0.2) is 0 Å². The van der Waals surface area contributed by atoms with Gasteiger partial charge in [0.1, 0.15) is 0 Å². The van der Waals surface area contributed by atoms with E-state index in [1.165, 1.54) is 5.22 Å². The Balaban J connectivity index is 3.07. The van der Waals surface area contributed by atoms with Gasteiger partial charge in [-0.05, 0) is 38.9 Å². The van der Waals surface area contributed by atoms with Crippen LogP contribution < -0.4 is 20.9 Å². The molecule has 0 aromatic heterocycles. The van der Waals surface area contributed by atoms with E-state index in [0.717, 1.165) is 26.8 Å². The molecule has 0 bridgehead atoms. The van der Waals surface area contributed by atoms with Crippen LogP contribution in [-0.2, 0) is 0 Å². The number of hydrogen-bond acceptors (Lipinski definition) is 0. The van der Waals surface area contributed by atoms with Crippen LogP contribution in [0.25, 0.3) is 23.8 Å². The highest BCUT2D eigenvalue weighted by molar-refractivity contribution is 5.98. The largest absolute Gasteiger partial charge is 0.0984 e. The number of rotatable bonds is 3. The highest BCUT2D eigenvalue weighted by Crippen LogP contribution is 2.10. The maximum absolute atomic E-state index is 4.12. The summed E-state index contributed by atoms with van der Waals surface area (Å²) in [7, 11) is 0. The van der Waals surface area contributed by atoms with Crippen molar-refractivity contribution >= 4 is 23.8 Å². The maximum atomic E-state index is 4.12. The van der Waals surface area contributed by atoms with Crippen molar-refractivity contribution in [2.24, 2.45) is 0 Å². The molecule has 0 atom stereocenters. The van der Waals surface area contributed by atoms with E-state index < -0.39 is 0 Å². The van der Waals surface area contributed by atoms with Crippen molar-refractivity contribution in [2.75, 3.05) is 0 Å². The van der Waals surface area contributed by atoms with Crippen molar-refractivity contribution in [3.05, 3.63) is 94.7 Å². The lowest BCUT2D eigenvalue weighted by Gasteiger charge is -2.05. The topological polar surface area (TPSA) is 0 Å². The van der Waals surface area contributed by atoms with E-state index in [4.69, 9.17) is 0 Å². The van der Waals surface area contributed by atoms with E-state index in [9.17, 15) is 0 Å². The fourth-order valence-electron chi connectivity index (χ4n) is 2.51. The standard InChI is InChI=1S/C21H20/c1-5-17-13-9-11-15-21(17)19(7-3)18(6-2)20-14-10-8-12-16(20)4/h5-15H,2-4H2,1H3/b17-5-,20-18+,21-19+. The molecular weight excluding hydrogens is 252 g/mol. The molecule has 0 aliphatic carbocycles. The van der Waals surface area contributed by atoms with Gasteiger partial charge in [-0.15, -0.1) is 0 Å². The molecule has 0 heterocycles. The number of allylic oxidation sites excluding steroid dienone is 2. The van der Waals surface area contributed by atoms with Gasteiger partial charge in [0.25, 0.3) is 0 Å². The van der Waals surface area contributed by atoms with Crippen LogP contribution in [0.1, 0.15) is 6.92 Å². The Morgan fingerprint density at radius 1 is 0.810 bits per heavy atom. The first-order chi connectivity index (χ1) is 10.2. The monoisotopic (exact) mass is 272 g/mol. The van der Waals surface area contributed by atoms with E-state index in [0.29, 0.717) is 0 Å². The molecular formula is C21H20. The lowest BCUT2D eigenvalue weighted by Crippen LogP contribution is -2.30. The predicted molar refractivity (Wildman–Crippen MR) is 94.3 cm³/mol. The zero-order valence-corrected chi connectivity index (χ0v) is 12.5. The van der Waals surface area contributed by atoms with Gasteiger partial charge in [-0.1, -0.05) is 86.5 Å². The average Bonchev–Trinajstić information content (AvgIpc) is 2.53. The number of hydrogen-bond donors (Lipinski definition) is 0. The van der Waals surface area contributed by atoms with Gasteiger partial charge in [0, 0.05) is 0 Å². The minimum atomic E-state index is 0.990.